The molecule has 18 heavy (non-hydrogen) atoms. The van der Waals surface area contributed by atoms with Crippen LogP contribution in [0.15, 0.2) is 0 Å². The van der Waals surface area contributed by atoms with E-state index in [4.69, 9.17) is 4.74 Å². The molecule has 3 unspecified atom stereocenters. The fourth-order valence-corrected chi connectivity index (χ4v) is 3.05. The lowest BCUT2D eigenvalue weighted by Crippen LogP contribution is -2.52. The molecular formula is C14H26N2O2. The van der Waals surface area contributed by atoms with Crippen molar-refractivity contribution in [2.45, 2.75) is 38.6 Å². The second-order valence-electron chi connectivity index (χ2n) is 5.85. The van der Waals surface area contributed by atoms with E-state index in [-0.39, 0.29) is 11.9 Å². The highest BCUT2D eigenvalue weighted by Crippen LogP contribution is 2.19. The minimum absolute atomic E-state index is 0.0215. The van der Waals surface area contributed by atoms with Crippen LogP contribution in [0.3, 0.4) is 0 Å². The summed E-state index contributed by atoms with van der Waals surface area (Å²) >= 11 is 0. The third-order valence-electron chi connectivity index (χ3n) is 4.20. The first-order valence-electron chi connectivity index (χ1n) is 7.24. The van der Waals surface area contributed by atoms with Crippen molar-refractivity contribution in [1.82, 2.24) is 10.2 Å². The van der Waals surface area contributed by atoms with E-state index >= 15 is 0 Å². The summed E-state index contributed by atoms with van der Waals surface area (Å²) in [6.45, 7) is 5.68. The van der Waals surface area contributed by atoms with E-state index in [0.717, 1.165) is 39.1 Å². The average molecular weight is 254 g/mol. The van der Waals surface area contributed by atoms with Gasteiger partial charge in [0.15, 0.2) is 0 Å². The molecule has 0 radical (unpaired) electrons. The van der Waals surface area contributed by atoms with Crippen molar-refractivity contribution in [2.75, 3.05) is 33.4 Å². The summed E-state index contributed by atoms with van der Waals surface area (Å²) in [4.78, 5) is 14.3. The molecule has 4 heteroatoms. The molecule has 2 heterocycles. The van der Waals surface area contributed by atoms with Gasteiger partial charge in [-0.1, -0.05) is 6.92 Å². The third-order valence-corrected chi connectivity index (χ3v) is 4.20. The lowest BCUT2D eigenvalue weighted by Gasteiger charge is -2.34. The van der Waals surface area contributed by atoms with Gasteiger partial charge in [-0.05, 0) is 44.1 Å². The van der Waals surface area contributed by atoms with Gasteiger partial charge in [-0.3, -0.25) is 4.79 Å². The second-order valence-corrected chi connectivity index (χ2v) is 5.85. The second kappa shape index (κ2) is 6.53. The minimum Gasteiger partial charge on any atom is -0.381 e. The molecule has 1 N–H and O–H groups in total. The summed E-state index contributed by atoms with van der Waals surface area (Å²) in [6.07, 6.45) is 4.66. The Morgan fingerprint density at radius 2 is 2.22 bits per heavy atom. The highest BCUT2D eigenvalue weighted by molar-refractivity contribution is 5.82. The number of carbonyl (C=O) groups is 1. The smallest absolute Gasteiger partial charge is 0.239 e. The molecule has 104 valence electrons. The number of ether oxygens (including phenoxy) is 1. The number of carbonyl (C=O) groups excluding carboxylic acids is 1. The molecule has 2 aliphatic heterocycles. The van der Waals surface area contributed by atoms with Gasteiger partial charge in [0.1, 0.15) is 0 Å². The zero-order chi connectivity index (χ0) is 13.0. The lowest BCUT2D eigenvalue weighted by molar-refractivity contribution is -0.135. The van der Waals surface area contributed by atoms with Crippen LogP contribution in [-0.2, 0) is 9.53 Å². The first kappa shape index (κ1) is 13.8. The Balaban J connectivity index is 1.83. The van der Waals surface area contributed by atoms with Crippen LogP contribution in [0.2, 0.25) is 0 Å². The Bertz CT molecular complexity index is 277. The fraction of sp³-hybridized carbons (Fsp3) is 0.929. The van der Waals surface area contributed by atoms with E-state index in [2.05, 4.69) is 12.2 Å². The lowest BCUT2D eigenvalue weighted by atomic mass is 9.91. The first-order valence-corrected chi connectivity index (χ1v) is 7.24. The van der Waals surface area contributed by atoms with Crippen LogP contribution >= 0.6 is 0 Å². The van der Waals surface area contributed by atoms with Gasteiger partial charge >= 0.3 is 0 Å². The quantitative estimate of drug-likeness (QED) is 0.824. The van der Waals surface area contributed by atoms with E-state index in [1.54, 1.807) is 0 Å². The van der Waals surface area contributed by atoms with Gasteiger partial charge in [0.05, 0.1) is 12.6 Å². The molecule has 0 aromatic carbocycles. The summed E-state index contributed by atoms with van der Waals surface area (Å²) in [6, 6.07) is 0.0215. The molecule has 0 bridgehead atoms. The number of hydrogen-bond acceptors (Lipinski definition) is 3. The summed E-state index contributed by atoms with van der Waals surface area (Å²) < 4.78 is 5.48. The standard InChI is InChI=1S/C14H26N2O2/c1-11-5-3-7-15-13(11)14(17)16(2)9-12-6-4-8-18-10-12/h11-13,15H,3-10H2,1-2H3. The van der Waals surface area contributed by atoms with Crippen LogP contribution in [0, 0.1) is 11.8 Å². The fourth-order valence-electron chi connectivity index (χ4n) is 3.05. The Morgan fingerprint density at radius 1 is 1.39 bits per heavy atom. The topological polar surface area (TPSA) is 41.6 Å². The monoisotopic (exact) mass is 254 g/mol. The summed E-state index contributed by atoms with van der Waals surface area (Å²) in [5, 5.41) is 3.36. The van der Waals surface area contributed by atoms with Gasteiger partial charge in [0.2, 0.25) is 5.91 Å². The van der Waals surface area contributed by atoms with Crippen molar-refractivity contribution < 1.29 is 9.53 Å². The number of nitrogens with zero attached hydrogens (tertiary/aromatic N) is 1. The maximum atomic E-state index is 12.4. The molecule has 3 atom stereocenters. The van der Waals surface area contributed by atoms with Crippen molar-refractivity contribution in [3.8, 4) is 0 Å². The predicted octanol–water partition coefficient (Wildman–Crippen LogP) is 1.26. The highest BCUT2D eigenvalue weighted by atomic mass is 16.5. The van der Waals surface area contributed by atoms with E-state index in [1.165, 1.54) is 12.8 Å². The van der Waals surface area contributed by atoms with E-state index in [1.807, 2.05) is 11.9 Å². The number of likely N-dealkylation sites (N-methyl/N-ethyl adjacent to an activating group) is 1. The van der Waals surface area contributed by atoms with Gasteiger partial charge in [0, 0.05) is 20.2 Å². The predicted molar refractivity (Wildman–Crippen MR) is 71.4 cm³/mol. The highest BCUT2D eigenvalue weighted by Gasteiger charge is 2.30. The molecular weight excluding hydrogens is 228 g/mol. The Morgan fingerprint density at radius 3 is 2.89 bits per heavy atom. The number of rotatable bonds is 3. The average Bonchev–Trinajstić information content (AvgIpc) is 2.39. The van der Waals surface area contributed by atoms with Crippen LogP contribution in [0.1, 0.15) is 32.6 Å². The Labute approximate surface area is 110 Å². The van der Waals surface area contributed by atoms with E-state index in [0.29, 0.717) is 11.8 Å². The third kappa shape index (κ3) is 3.45. The number of nitrogens with one attached hydrogen (secondary N) is 1. The molecule has 1 amide bonds. The van der Waals surface area contributed by atoms with Gasteiger partial charge in [-0.2, -0.15) is 0 Å². The summed E-state index contributed by atoms with van der Waals surface area (Å²) in [7, 11) is 1.93. The summed E-state index contributed by atoms with van der Waals surface area (Å²) in [5.74, 6) is 1.23. The van der Waals surface area contributed by atoms with E-state index in [9.17, 15) is 4.79 Å². The minimum atomic E-state index is 0.0215. The number of hydrogen-bond donors (Lipinski definition) is 1. The largest absolute Gasteiger partial charge is 0.381 e. The molecule has 0 aromatic heterocycles. The molecule has 2 saturated heterocycles. The van der Waals surface area contributed by atoms with Gasteiger partial charge < -0.3 is 15.0 Å². The van der Waals surface area contributed by atoms with Crippen molar-refractivity contribution in [1.29, 1.82) is 0 Å². The van der Waals surface area contributed by atoms with Crippen molar-refractivity contribution >= 4 is 5.91 Å². The molecule has 2 aliphatic rings. The number of piperidine rings is 1. The van der Waals surface area contributed by atoms with Crippen molar-refractivity contribution in [3.63, 3.8) is 0 Å². The summed E-state index contributed by atoms with van der Waals surface area (Å²) in [5.41, 5.74) is 0. The van der Waals surface area contributed by atoms with Crippen LogP contribution in [0.4, 0.5) is 0 Å². The van der Waals surface area contributed by atoms with Crippen LogP contribution in [0.25, 0.3) is 0 Å². The zero-order valence-electron chi connectivity index (χ0n) is 11.7. The molecule has 4 nitrogen and oxygen atoms in total. The van der Waals surface area contributed by atoms with E-state index < -0.39 is 0 Å². The SMILES string of the molecule is CC1CCCNC1C(=O)N(C)CC1CCCOC1. The Kier molecular flexibility index (Phi) is 5.01. The molecule has 2 rings (SSSR count). The maximum absolute atomic E-state index is 12.4. The molecule has 0 aromatic rings. The van der Waals surface area contributed by atoms with Crippen molar-refractivity contribution in [3.05, 3.63) is 0 Å². The van der Waals surface area contributed by atoms with Gasteiger partial charge in [0.25, 0.3) is 0 Å². The van der Waals surface area contributed by atoms with Crippen LogP contribution in [-0.4, -0.2) is 50.2 Å². The van der Waals surface area contributed by atoms with Gasteiger partial charge in [-0.25, -0.2) is 0 Å². The zero-order valence-corrected chi connectivity index (χ0v) is 11.7. The van der Waals surface area contributed by atoms with Crippen molar-refractivity contribution in [2.24, 2.45) is 11.8 Å². The molecule has 0 saturated carbocycles. The maximum Gasteiger partial charge on any atom is 0.239 e. The molecule has 0 spiro atoms. The van der Waals surface area contributed by atoms with Crippen LogP contribution in [0.5, 0.6) is 0 Å². The van der Waals surface area contributed by atoms with Gasteiger partial charge in [-0.15, -0.1) is 0 Å². The molecule has 0 aliphatic carbocycles. The first-order chi connectivity index (χ1) is 8.68. The van der Waals surface area contributed by atoms with Crippen LogP contribution < -0.4 is 5.32 Å². The number of amides is 1. The Hall–Kier alpha value is -0.610. The molecule has 2 fully saturated rings. The normalized spacial score (nSPS) is 33.1.